The highest BCUT2D eigenvalue weighted by molar-refractivity contribution is 5.78. The molecule has 1 atom stereocenters. The zero-order valence-electron chi connectivity index (χ0n) is 18.4. The lowest BCUT2D eigenvalue weighted by Gasteiger charge is -2.31. The molecule has 32 heavy (non-hydrogen) atoms. The Labute approximate surface area is 185 Å². The van der Waals surface area contributed by atoms with Gasteiger partial charge in [-0.1, -0.05) is 12.8 Å². The molecule has 0 saturated heterocycles. The summed E-state index contributed by atoms with van der Waals surface area (Å²) in [4.78, 5) is 18.3. The molecule has 1 aliphatic rings. The van der Waals surface area contributed by atoms with Gasteiger partial charge in [0.25, 0.3) is 0 Å². The van der Waals surface area contributed by atoms with E-state index in [1.807, 2.05) is 0 Å². The van der Waals surface area contributed by atoms with E-state index in [4.69, 9.17) is 23.7 Å². The molecule has 1 fully saturated rings. The Morgan fingerprint density at radius 2 is 2.00 bits per heavy atom. The van der Waals surface area contributed by atoms with Crippen molar-refractivity contribution >= 4 is 5.91 Å². The number of amides is 1. The fraction of sp³-hybridized carbons (Fsp3) is 0.714. The maximum atomic E-state index is 13.0. The molecule has 0 aliphatic heterocycles. The number of nitrogens with zero attached hydrogens (tertiary/aromatic N) is 2. The van der Waals surface area contributed by atoms with Crippen LogP contribution in [-0.4, -0.2) is 69.3 Å². The number of methoxy groups -OCH3 is 2. The Balaban J connectivity index is 2.04. The van der Waals surface area contributed by atoms with Gasteiger partial charge in [-0.05, 0) is 18.4 Å². The largest absolute Gasteiger partial charge is 0.493 e. The van der Waals surface area contributed by atoms with Gasteiger partial charge in [0.2, 0.25) is 5.91 Å². The molecular weight excluding hydrogens is 433 g/mol. The summed E-state index contributed by atoms with van der Waals surface area (Å²) in [7, 11) is 2.74. The van der Waals surface area contributed by atoms with Gasteiger partial charge >= 0.3 is 6.18 Å². The summed E-state index contributed by atoms with van der Waals surface area (Å²) in [5.74, 6) is 0.821. The van der Waals surface area contributed by atoms with Crippen molar-refractivity contribution in [1.82, 2.24) is 9.88 Å². The highest BCUT2D eigenvalue weighted by Gasteiger charge is 2.32. The van der Waals surface area contributed by atoms with Crippen molar-refractivity contribution in [3.8, 4) is 5.75 Å². The van der Waals surface area contributed by atoms with Crippen LogP contribution in [0.25, 0.3) is 0 Å². The van der Waals surface area contributed by atoms with Crippen LogP contribution >= 0.6 is 0 Å². The number of carbonyl (C=O) groups is 1. The van der Waals surface area contributed by atoms with Crippen LogP contribution in [0.3, 0.4) is 0 Å². The van der Waals surface area contributed by atoms with Crippen molar-refractivity contribution in [1.29, 1.82) is 0 Å². The summed E-state index contributed by atoms with van der Waals surface area (Å²) < 4.78 is 64.3. The standard InChI is InChI=1S/C21H31F3N2O6/c1-28-14-30-13-26(20(32-15-29-2)5-8-21(22,23)24)19(27)12-17-11-18(6-9-25-17)31-10-7-16-3-4-16/h6,9,11,16,20H,3-5,7-8,10,12-15H2,1-2H3/t20-/m1/s1. The van der Waals surface area contributed by atoms with Crippen molar-refractivity contribution in [3.05, 3.63) is 24.0 Å². The van der Waals surface area contributed by atoms with Crippen LogP contribution in [0.15, 0.2) is 18.3 Å². The molecule has 182 valence electrons. The maximum absolute atomic E-state index is 13.0. The lowest BCUT2D eigenvalue weighted by atomic mass is 10.2. The molecule has 8 nitrogen and oxygen atoms in total. The van der Waals surface area contributed by atoms with Gasteiger partial charge in [0, 0.05) is 39.3 Å². The molecule has 1 aliphatic carbocycles. The molecule has 0 N–H and O–H groups in total. The number of rotatable bonds is 16. The third kappa shape index (κ3) is 10.6. The summed E-state index contributed by atoms with van der Waals surface area (Å²) in [6.07, 6.45) is -2.35. The van der Waals surface area contributed by atoms with Crippen LogP contribution < -0.4 is 4.74 Å². The van der Waals surface area contributed by atoms with Crippen molar-refractivity contribution in [2.75, 3.05) is 41.1 Å². The minimum Gasteiger partial charge on any atom is -0.493 e. The van der Waals surface area contributed by atoms with E-state index in [0.29, 0.717) is 18.1 Å². The molecule has 2 rings (SSSR count). The van der Waals surface area contributed by atoms with Crippen LogP contribution in [0.5, 0.6) is 5.75 Å². The predicted octanol–water partition coefficient (Wildman–Crippen LogP) is 3.50. The number of hydrogen-bond acceptors (Lipinski definition) is 7. The van der Waals surface area contributed by atoms with E-state index in [-0.39, 0.29) is 26.7 Å². The quantitative estimate of drug-likeness (QED) is 0.274. The lowest BCUT2D eigenvalue weighted by Crippen LogP contribution is -2.45. The van der Waals surface area contributed by atoms with Gasteiger partial charge in [-0.2, -0.15) is 13.2 Å². The van der Waals surface area contributed by atoms with E-state index < -0.39 is 31.2 Å². The second-order valence-corrected chi connectivity index (χ2v) is 7.53. The highest BCUT2D eigenvalue weighted by atomic mass is 19.4. The van der Waals surface area contributed by atoms with Gasteiger partial charge in [0.1, 0.15) is 32.3 Å². The average molecular weight is 464 g/mol. The summed E-state index contributed by atoms with van der Waals surface area (Å²) in [6, 6.07) is 3.36. The van der Waals surface area contributed by atoms with Gasteiger partial charge in [-0.15, -0.1) is 0 Å². The van der Waals surface area contributed by atoms with Crippen molar-refractivity contribution in [3.63, 3.8) is 0 Å². The molecule has 1 heterocycles. The molecule has 0 spiro atoms. The fourth-order valence-corrected chi connectivity index (χ4v) is 2.95. The second-order valence-electron chi connectivity index (χ2n) is 7.53. The Hall–Kier alpha value is -1.95. The zero-order chi connectivity index (χ0) is 23.4. The molecule has 0 bridgehead atoms. The van der Waals surface area contributed by atoms with E-state index in [1.54, 1.807) is 12.1 Å². The summed E-state index contributed by atoms with van der Waals surface area (Å²) in [6.45, 7) is -0.137. The molecule has 0 radical (unpaired) electrons. The van der Waals surface area contributed by atoms with E-state index in [0.717, 1.165) is 17.2 Å². The minimum absolute atomic E-state index is 0.136. The smallest absolute Gasteiger partial charge is 0.389 e. The first-order chi connectivity index (χ1) is 15.3. The van der Waals surface area contributed by atoms with E-state index in [2.05, 4.69) is 4.98 Å². The maximum Gasteiger partial charge on any atom is 0.389 e. The summed E-state index contributed by atoms with van der Waals surface area (Å²) in [5.41, 5.74) is 0.428. The average Bonchev–Trinajstić information content (AvgIpc) is 3.56. The number of hydrogen-bond donors (Lipinski definition) is 0. The predicted molar refractivity (Wildman–Crippen MR) is 107 cm³/mol. The molecule has 11 heteroatoms. The van der Waals surface area contributed by atoms with Crippen LogP contribution in [0.4, 0.5) is 13.2 Å². The SMILES string of the molecule is COCOCN(C(=O)Cc1cc(OCCC2CC2)ccn1)[C@@H](CCC(F)(F)F)OCOC. The number of carbonyl (C=O) groups excluding carboxylic acids is 1. The van der Waals surface area contributed by atoms with Crippen LogP contribution in [0.1, 0.15) is 37.8 Å². The fourth-order valence-electron chi connectivity index (χ4n) is 2.95. The number of pyridine rings is 1. The van der Waals surface area contributed by atoms with Crippen molar-refractivity contribution in [2.45, 2.75) is 50.9 Å². The third-order valence-electron chi connectivity index (χ3n) is 4.76. The van der Waals surface area contributed by atoms with Gasteiger partial charge in [0.15, 0.2) is 0 Å². The zero-order valence-corrected chi connectivity index (χ0v) is 18.4. The normalized spacial score (nSPS) is 14.9. The first kappa shape index (κ1) is 26.3. The van der Waals surface area contributed by atoms with Gasteiger partial charge in [-0.3, -0.25) is 14.7 Å². The van der Waals surface area contributed by atoms with Crippen LogP contribution in [-0.2, 0) is 30.2 Å². The highest BCUT2D eigenvalue weighted by Crippen LogP contribution is 2.32. The topological polar surface area (TPSA) is 79.4 Å². The molecule has 0 aromatic carbocycles. The third-order valence-corrected chi connectivity index (χ3v) is 4.76. The summed E-state index contributed by atoms with van der Waals surface area (Å²) in [5, 5.41) is 0. The number of aromatic nitrogens is 1. The van der Waals surface area contributed by atoms with Crippen molar-refractivity contribution < 1.29 is 41.7 Å². The van der Waals surface area contributed by atoms with E-state index in [9.17, 15) is 18.0 Å². The monoisotopic (exact) mass is 464 g/mol. The molecule has 1 saturated carbocycles. The number of ether oxygens (including phenoxy) is 5. The lowest BCUT2D eigenvalue weighted by molar-refractivity contribution is -0.195. The number of alkyl halides is 3. The van der Waals surface area contributed by atoms with E-state index in [1.165, 1.54) is 33.3 Å². The first-order valence-electron chi connectivity index (χ1n) is 10.4. The summed E-state index contributed by atoms with van der Waals surface area (Å²) >= 11 is 0. The Morgan fingerprint density at radius 1 is 1.25 bits per heavy atom. The molecule has 1 amide bonds. The second kappa shape index (κ2) is 13.6. The van der Waals surface area contributed by atoms with Gasteiger partial charge < -0.3 is 23.7 Å². The van der Waals surface area contributed by atoms with Crippen LogP contribution in [0, 0.1) is 5.92 Å². The first-order valence-corrected chi connectivity index (χ1v) is 10.4. The Kier molecular flexibility index (Phi) is 11.1. The molecule has 1 aromatic heterocycles. The van der Waals surface area contributed by atoms with Crippen molar-refractivity contribution in [2.24, 2.45) is 5.92 Å². The minimum atomic E-state index is -4.40. The molecule has 0 unspecified atom stereocenters. The number of halogens is 3. The Bertz CT molecular complexity index is 688. The van der Waals surface area contributed by atoms with Crippen LogP contribution in [0.2, 0.25) is 0 Å². The molecular formula is C21H31F3N2O6. The Morgan fingerprint density at radius 3 is 2.66 bits per heavy atom. The molecule has 1 aromatic rings. The van der Waals surface area contributed by atoms with Gasteiger partial charge in [-0.25, -0.2) is 0 Å². The van der Waals surface area contributed by atoms with Gasteiger partial charge in [0.05, 0.1) is 18.7 Å². The van der Waals surface area contributed by atoms with E-state index >= 15 is 0 Å².